The van der Waals surface area contributed by atoms with Crippen LogP contribution in [-0.2, 0) is 11.3 Å². The molecule has 0 unspecified atom stereocenters. The molecule has 0 atom stereocenters. The number of hydrogen-bond acceptors (Lipinski definition) is 6. The number of anilines is 1. The quantitative estimate of drug-likeness (QED) is 0.586. The van der Waals surface area contributed by atoms with Gasteiger partial charge in [0, 0.05) is 0 Å². The van der Waals surface area contributed by atoms with E-state index in [4.69, 9.17) is 0 Å². The van der Waals surface area contributed by atoms with Gasteiger partial charge in [-0.2, -0.15) is 5.10 Å². The molecule has 0 spiro atoms. The normalized spacial score (nSPS) is 10.8. The van der Waals surface area contributed by atoms with Crippen molar-refractivity contribution in [3.63, 3.8) is 0 Å². The van der Waals surface area contributed by atoms with Gasteiger partial charge in [-0.1, -0.05) is 11.3 Å². The van der Waals surface area contributed by atoms with Crippen molar-refractivity contribution < 1.29 is 14.1 Å². The van der Waals surface area contributed by atoms with Crippen LogP contribution in [0.4, 0.5) is 15.2 Å². The van der Waals surface area contributed by atoms with Crippen LogP contribution in [-0.4, -0.2) is 25.6 Å². The molecule has 1 amide bonds. The van der Waals surface area contributed by atoms with Crippen LogP contribution in [0.1, 0.15) is 0 Å². The third kappa shape index (κ3) is 2.91. The van der Waals surface area contributed by atoms with E-state index in [1.807, 2.05) is 0 Å². The van der Waals surface area contributed by atoms with Crippen LogP contribution in [0, 0.1) is 15.9 Å². The molecule has 0 aliphatic carbocycles. The van der Waals surface area contributed by atoms with Crippen LogP contribution >= 0.6 is 11.3 Å². The molecule has 112 valence electrons. The van der Waals surface area contributed by atoms with E-state index in [-0.39, 0.29) is 18.0 Å². The fraction of sp³-hybridized carbons (Fsp3) is 0.0833. The molecule has 1 aromatic carbocycles. The van der Waals surface area contributed by atoms with E-state index in [0.29, 0.717) is 15.3 Å². The summed E-state index contributed by atoms with van der Waals surface area (Å²) < 4.78 is 14.9. The number of hydrogen-bond donors (Lipinski definition) is 1. The first-order valence-electron chi connectivity index (χ1n) is 6.04. The molecular weight excluding hydrogens is 313 g/mol. The lowest BCUT2D eigenvalue weighted by molar-refractivity contribution is -0.385. The van der Waals surface area contributed by atoms with E-state index in [2.05, 4.69) is 15.4 Å². The molecule has 3 aromatic rings. The van der Waals surface area contributed by atoms with Crippen molar-refractivity contribution in [3.8, 4) is 0 Å². The molecule has 22 heavy (non-hydrogen) atoms. The Labute approximate surface area is 126 Å². The summed E-state index contributed by atoms with van der Waals surface area (Å²) in [6, 6.07) is 4.14. The molecule has 0 aliphatic heterocycles. The Kier molecular flexibility index (Phi) is 3.51. The number of carbonyl (C=O) groups is 1. The van der Waals surface area contributed by atoms with Crippen LogP contribution in [0.15, 0.2) is 30.6 Å². The van der Waals surface area contributed by atoms with Gasteiger partial charge in [0.2, 0.25) is 5.91 Å². The van der Waals surface area contributed by atoms with Crippen molar-refractivity contribution in [2.75, 3.05) is 5.32 Å². The first-order chi connectivity index (χ1) is 10.5. The van der Waals surface area contributed by atoms with Crippen LogP contribution in [0.25, 0.3) is 10.2 Å². The number of amides is 1. The number of benzene rings is 1. The maximum atomic E-state index is 13.1. The van der Waals surface area contributed by atoms with E-state index in [1.165, 1.54) is 18.2 Å². The van der Waals surface area contributed by atoms with Gasteiger partial charge in [0.15, 0.2) is 5.13 Å². The Morgan fingerprint density at radius 2 is 2.32 bits per heavy atom. The fourth-order valence-electron chi connectivity index (χ4n) is 1.79. The lowest BCUT2D eigenvalue weighted by Gasteiger charge is -2.00. The highest BCUT2D eigenvalue weighted by Gasteiger charge is 2.13. The number of nitro groups is 1. The molecule has 1 N–H and O–H groups in total. The van der Waals surface area contributed by atoms with Crippen LogP contribution < -0.4 is 5.32 Å². The van der Waals surface area contributed by atoms with Crippen molar-refractivity contribution in [1.82, 2.24) is 14.8 Å². The smallest absolute Gasteiger partial charge is 0.300 e. The molecule has 8 nitrogen and oxygen atoms in total. The lowest BCUT2D eigenvalue weighted by Crippen LogP contribution is -2.18. The van der Waals surface area contributed by atoms with Crippen LogP contribution in [0.3, 0.4) is 0 Å². The van der Waals surface area contributed by atoms with E-state index in [0.717, 1.165) is 28.4 Å². The summed E-state index contributed by atoms with van der Waals surface area (Å²) in [6.45, 7) is -0.182. The zero-order valence-electron chi connectivity index (χ0n) is 10.9. The summed E-state index contributed by atoms with van der Waals surface area (Å²) in [7, 11) is 0. The van der Waals surface area contributed by atoms with Crippen molar-refractivity contribution in [3.05, 3.63) is 46.5 Å². The third-order valence-electron chi connectivity index (χ3n) is 2.73. The average Bonchev–Trinajstić information content (AvgIpc) is 3.04. The largest absolute Gasteiger partial charge is 0.307 e. The van der Waals surface area contributed by atoms with Crippen LogP contribution in [0.5, 0.6) is 0 Å². The van der Waals surface area contributed by atoms with Gasteiger partial charge in [0.25, 0.3) is 0 Å². The van der Waals surface area contributed by atoms with Gasteiger partial charge >= 0.3 is 5.69 Å². The maximum absolute atomic E-state index is 13.1. The number of nitrogens with one attached hydrogen (secondary N) is 1. The van der Waals surface area contributed by atoms with Crippen molar-refractivity contribution in [2.45, 2.75) is 6.54 Å². The number of aromatic nitrogens is 3. The maximum Gasteiger partial charge on any atom is 0.307 e. The summed E-state index contributed by atoms with van der Waals surface area (Å²) in [6.07, 6.45) is 2.22. The standard InChI is InChI=1S/C12H8FN5O3S/c13-7-1-2-9-10(3-7)22-12(15-9)16-11(19)6-17-5-8(4-14-17)18(20)21/h1-5H,6H2,(H,15,16,19). The second-order valence-electron chi connectivity index (χ2n) is 4.33. The third-order valence-corrected chi connectivity index (χ3v) is 3.67. The first-order valence-corrected chi connectivity index (χ1v) is 6.86. The Hall–Kier alpha value is -2.88. The Morgan fingerprint density at radius 1 is 1.50 bits per heavy atom. The number of fused-ring (bicyclic) bond motifs is 1. The Morgan fingerprint density at radius 3 is 3.05 bits per heavy atom. The minimum Gasteiger partial charge on any atom is -0.300 e. The molecule has 0 bridgehead atoms. The molecule has 0 saturated carbocycles. The highest BCUT2D eigenvalue weighted by atomic mass is 32.1. The molecule has 3 rings (SSSR count). The number of nitrogens with zero attached hydrogens (tertiary/aromatic N) is 4. The molecule has 0 saturated heterocycles. The van der Waals surface area contributed by atoms with Crippen molar-refractivity contribution >= 4 is 38.3 Å². The first kappa shape index (κ1) is 14.1. The zero-order valence-corrected chi connectivity index (χ0v) is 11.7. The molecule has 0 fully saturated rings. The predicted octanol–water partition coefficient (Wildman–Crippen LogP) is 2.18. The zero-order chi connectivity index (χ0) is 15.7. The van der Waals surface area contributed by atoms with Crippen molar-refractivity contribution in [2.24, 2.45) is 0 Å². The number of halogens is 1. The monoisotopic (exact) mass is 321 g/mol. The van der Waals surface area contributed by atoms with Crippen LogP contribution in [0.2, 0.25) is 0 Å². The van der Waals surface area contributed by atoms with E-state index in [1.54, 1.807) is 0 Å². The molecule has 10 heteroatoms. The van der Waals surface area contributed by atoms with Gasteiger partial charge in [0.1, 0.15) is 24.8 Å². The SMILES string of the molecule is O=C(Cn1cc([N+](=O)[O-])cn1)Nc1nc2ccc(F)cc2s1. The average molecular weight is 321 g/mol. The van der Waals surface area contributed by atoms with E-state index >= 15 is 0 Å². The molecule has 2 aromatic heterocycles. The van der Waals surface area contributed by atoms with Crippen molar-refractivity contribution in [1.29, 1.82) is 0 Å². The summed E-state index contributed by atoms with van der Waals surface area (Å²) in [5, 5.41) is 17.1. The molecule has 0 aliphatic rings. The van der Waals surface area contributed by atoms with Gasteiger partial charge in [-0.05, 0) is 18.2 Å². The highest BCUT2D eigenvalue weighted by Crippen LogP contribution is 2.26. The summed E-state index contributed by atoms with van der Waals surface area (Å²) in [4.78, 5) is 25.9. The van der Waals surface area contributed by atoms with E-state index in [9.17, 15) is 19.3 Å². The lowest BCUT2D eigenvalue weighted by atomic mass is 10.3. The fourth-order valence-corrected chi connectivity index (χ4v) is 2.70. The van der Waals surface area contributed by atoms with Gasteiger partial charge < -0.3 is 5.32 Å². The Bertz CT molecular complexity index is 875. The topological polar surface area (TPSA) is 103 Å². The summed E-state index contributed by atoms with van der Waals surface area (Å²) >= 11 is 1.14. The number of rotatable bonds is 4. The van der Waals surface area contributed by atoms with Gasteiger partial charge in [0.05, 0.1) is 15.1 Å². The molecule has 0 radical (unpaired) electrons. The second-order valence-corrected chi connectivity index (χ2v) is 5.36. The van der Waals surface area contributed by atoms with Gasteiger partial charge in [-0.15, -0.1) is 0 Å². The Balaban J connectivity index is 1.70. The molecule has 2 heterocycles. The second kappa shape index (κ2) is 5.48. The minimum absolute atomic E-state index is 0.182. The summed E-state index contributed by atoms with van der Waals surface area (Å²) in [5.41, 5.74) is 0.389. The highest BCUT2D eigenvalue weighted by molar-refractivity contribution is 7.22. The molecular formula is C12H8FN5O3S. The van der Waals surface area contributed by atoms with Gasteiger partial charge in [-0.25, -0.2) is 9.37 Å². The van der Waals surface area contributed by atoms with Gasteiger partial charge in [-0.3, -0.25) is 19.6 Å². The van der Waals surface area contributed by atoms with E-state index < -0.39 is 10.8 Å². The summed E-state index contributed by atoms with van der Waals surface area (Å²) in [5.74, 6) is -0.810. The minimum atomic E-state index is -0.594. The number of carbonyl (C=O) groups excluding carboxylic acids is 1. The number of thiazole rings is 1. The predicted molar refractivity (Wildman–Crippen MR) is 77.1 cm³/mol.